The summed E-state index contributed by atoms with van der Waals surface area (Å²) < 4.78 is 0. The van der Waals surface area contributed by atoms with E-state index in [2.05, 4.69) is 0 Å². The topological polar surface area (TPSA) is 115 Å². The number of allylic oxidation sites excluding steroid dienone is 1. The first-order valence-corrected chi connectivity index (χ1v) is 3.96. The van der Waals surface area contributed by atoms with Crippen LogP contribution in [0.3, 0.4) is 0 Å². The zero-order chi connectivity index (χ0) is 11.1. The van der Waals surface area contributed by atoms with Gasteiger partial charge in [0.15, 0.2) is 0 Å². The fourth-order valence-electron chi connectivity index (χ4n) is 0.888. The Hall–Kier alpha value is -1.72. The molecule has 0 aliphatic carbocycles. The van der Waals surface area contributed by atoms with Crippen molar-refractivity contribution in [1.29, 1.82) is 0 Å². The molecule has 0 bridgehead atoms. The highest BCUT2D eigenvalue weighted by Gasteiger charge is 2.17. The molecule has 0 aliphatic heterocycles. The number of carbonyl (C=O) groups is 2. The van der Waals surface area contributed by atoms with Crippen molar-refractivity contribution in [2.24, 2.45) is 5.92 Å². The van der Waals surface area contributed by atoms with Crippen molar-refractivity contribution >= 4 is 11.9 Å². The number of carboxylic acid groups (broad SMARTS) is 2. The highest BCUT2D eigenvalue weighted by atomic mass is 16.5. The van der Waals surface area contributed by atoms with Gasteiger partial charge in [0.1, 0.15) is 0 Å². The summed E-state index contributed by atoms with van der Waals surface area (Å²) in [6.07, 6.45) is 0.553. The highest BCUT2D eigenvalue weighted by Crippen LogP contribution is 2.12. The van der Waals surface area contributed by atoms with Gasteiger partial charge in [-0.05, 0) is 18.9 Å². The maximum atomic E-state index is 10.5. The predicted octanol–water partition coefficient (Wildman–Crippen LogP) is 0.899. The Kier molecular flexibility index (Phi) is 5.13. The maximum absolute atomic E-state index is 10.5. The molecule has 6 heteroatoms. The summed E-state index contributed by atoms with van der Waals surface area (Å²) in [7, 11) is 0. The number of aliphatic hydroxyl groups excluding tert-OH is 1. The fraction of sp³-hybridized carbons (Fsp3) is 0.500. The van der Waals surface area contributed by atoms with E-state index < -0.39 is 23.8 Å². The number of rotatable bonds is 6. The number of aliphatic carboxylic acids is 2. The second-order valence-corrected chi connectivity index (χ2v) is 2.77. The van der Waals surface area contributed by atoms with Crippen molar-refractivity contribution < 1.29 is 30.0 Å². The van der Waals surface area contributed by atoms with Gasteiger partial charge in [0.05, 0.1) is 5.92 Å². The summed E-state index contributed by atoms with van der Waals surface area (Å²) in [5.74, 6) is -4.08. The Morgan fingerprint density at radius 2 is 1.71 bits per heavy atom. The van der Waals surface area contributed by atoms with Crippen molar-refractivity contribution in [3.63, 3.8) is 0 Å². The molecule has 0 radical (unpaired) electrons. The molecule has 14 heavy (non-hydrogen) atoms. The van der Waals surface area contributed by atoms with Crippen LogP contribution in [0.2, 0.25) is 0 Å². The standard InChI is InChI=1S/C8H12O6/c9-6(10)3-1-5(8(13)14)2-4-7(11)12/h3,5,9-10H,1-2,4H2,(H,11,12)(H,13,14)/t5-/m1/s1. The Morgan fingerprint density at radius 3 is 2.07 bits per heavy atom. The lowest BCUT2D eigenvalue weighted by molar-refractivity contribution is -0.142. The van der Waals surface area contributed by atoms with Gasteiger partial charge in [0.2, 0.25) is 0 Å². The molecule has 0 saturated carbocycles. The van der Waals surface area contributed by atoms with Gasteiger partial charge in [-0.25, -0.2) is 0 Å². The molecule has 0 aromatic heterocycles. The molecule has 0 spiro atoms. The molecule has 0 aromatic rings. The summed E-state index contributed by atoms with van der Waals surface area (Å²) in [4.78, 5) is 20.7. The van der Waals surface area contributed by atoms with E-state index in [0.29, 0.717) is 0 Å². The lowest BCUT2D eigenvalue weighted by Gasteiger charge is -2.07. The van der Waals surface area contributed by atoms with Crippen molar-refractivity contribution in [1.82, 2.24) is 0 Å². The van der Waals surface area contributed by atoms with Gasteiger partial charge in [0.25, 0.3) is 5.95 Å². The Labute approximate surface area is 80.1 Å². The number of carboxylic acids is 2. The van der Waals surface area contributed by atoms with E-state index in [1.807, 2.05) is 0 Å². The smallest absolute Gasteiger partial charge is 0.306 e. The van der Waals surface area contributed by atoms with Gasteiger partial charge >= 0.3 is 11.9 Å². The summed E-state index contributed by atoms with van der Waals surface area (Å²) in [6.45, 7) is 0. The third kappa shape index (κ3) is 5.87. The minimum Gasteiger partial charge on any atom is -0.481 e. The molecule has 4 N–H and O–H groups in total. The third-order valence-electron chi connectivity index (χ3n) is 1.64. The van der Waals surface area contributed by atoms with Crippen LogP contribution in [0.25, 0.3) is 0 Å². The van der Waals surface area contributed by atoms with Crippen LogP contribution in [0.1, 0.15) is 19.3 Å². The van der Waals surface area contributed by atoms with E-state index in [0.717, 1.165) is 6.08 Å². The fourth-order valence-corrected chi connectivity index (χ4v) is 0.888. The average molecular weight is 204 g/mol. The number of aliphatic hydroxyl groups is 2. The molecule has 0 saturated heterocycles. The number of hydrogen-bond donors (Lipinski definition) is 4. The van der Waals surface area contributed by atoms with Gasteiger partial charge < -0.3 is 20.4 Å². The molecule has 0 fully saturated rings. The normalized spacial score (nSPS) is 11.7. The summed E-state index contributed by atoms with van der Waals surface area (Å²) in [5, 5.41) is 33.7. The average Bonchev–Trinajstić information content (AvgIpc) is 2.02. The van der Waals surface area contributed by atoms with Crippen LogP contribution in [0, 0.1) is 5.92 Å². The SMILES string of the molecule is O=C(O)CC[C@@H](CC=C(O)O)C(=O)O. The lowest BCUT2D eigenvalue weighted by Crippen LogP contribution is -2.14. The van der Waals surface area contributed by atoms with E-state index in [4.69, 9.17) is 20.4 Å². The van der Waals surface area contributed by atoms with Crippen molar-refractivity contribution in [2.45, 2.75) is 19.3 Å². The van der Waals surface area contributed by atoms with Crippen LogP contribution < -0.4 is 0 Å². The van der Waals surface area contributed by atoms with E-state index in [1.54, 1.807) is 0 Å². The van der Waals surface area contributed by atoms with Gasteiger partial charge in [-0.3, -0.25) is 9.59 Å². The monoisotopic (exact) mass is 204 g/mol. The van der Waals surface area contributed by atoms with Crippen LogP contribution >= 0.6 is 0 Å². The van der Waals surface area contributed by atoms with Crippen molar-refractivity contribution in [3.8, 4) is 0 Å². The van der Waals surface area contributed by atoms with Crippen LogP contribution in [-0.4, -0.2) is 32.4 Å². The van der Waals surface area contributed by atoms with Crippen LogP contribution in [0.15, 0.2) is 12.0 Å². The Balaban J connectivity index is 4.10. The summed E-state index contributed by atoms with van der Waals surface area (Å²) >= 11 is 0. The molecule has 0 aliphatic rings. The predicted molar refractivity (Wildman–Crippen MR) is 46.0 cm³/mol. The second-order valence-electron chi connectivity index (χ2n) is 2.77. The number of hydrogen-bond acceptors (Lipinski definition) is 4. The van der Waals surface area contributed by atoms with Gasteiger partial charge in [0, 0.05) is 6.42 Å². The minimum atomic E-state index is -1.15. The molecule has 0 rings (SSSR count). The first-order valence-electron chi connectivity index (χ1n) is 3.96. The molecule has 0 amide bonds. The highest BCUT2D eigenvalue weighted by molar-refractivity contribution is 5.72. The van der Waals surface area contributed by atoms with E-state index in [9.17, 15) is 9.59 Å². The van der Waals surface area contributed by atoms with Crippen molar-refractivity contribution in [3.05, 3.63) is 12.0 Å². The molecule has 0 heterocycles. The minimum absolute atomic E-state index is 0.0333. The maximum Gasteiger partial charge on any atom is 0.306 e. The Morgan fingerprint density at radius 1 is 1.14 bits per heavy atom. The van der Waals surface area contributed by atoms with Crippen molar-refractivity contribution in [2.75, 3.05) is 0 Å². The molecule has 0 unspecified atom stereocenters. The molecule has 80 valence electrons. The molecular formula is C8H12O6. The van der Waals surface area contributed by atoms with E-state index in [-0.39, 0.29) is 19.3 Å². The second kappa shape index (κ2) is 5.85. The van der Waals surface area contributed by atoms with Crippen LogP contribution in [0.4, 0.5) is 0 Å². The van der Waals surface area contributed by atoms with Crippen LogP contribution in [-0.2, 0) is 9.59 Å². The van der Waals surface area contributed by atoms with Gasteiger partial charge in [-0.1, -0.05) is 0 Å². The lowest BCUT2D eigenvalue weighted by atomic mass is 10.00. The van der Waals surface area contributed by atoms with Gasteiger partial charge in [-0.2, -0.15) is 0 Å². The quantitative estimate of drug-likeness (QED) is 0.478. The van der Waals surface area contributed by atoms with E-state index in [1.165, 1.54) is 0 Å². The van der Waals surface area contributed by atoms with Crippen LogP contribution in [0.5, 0.6) is 0 Å². The Bertz CT molecular complexity index is 240. The largest absolute Gasteiger partial charge is 0.481 e. The zero-order valence-electron chi connectivity index (χ0n) is 7.38. The summed E-state index contributed by atoms with van der Waals surface area (Å²) in [6, 6.07) is 0. The molecule has 0 aromatic carbocycles. The molecule has 1 atom stereocenters. The van der Waals surface area contributed by atoms with Gasteiger partial charge in [-0.15, -0.1) is 0 Å². The first-order chi connectivity index (χ1) is 6.43. The zero-order valence-corrected chi connectivity index (χ0v) is 7.38. The van der Waals surface area contributed by atoms with E-state index >= 15 is 0 Å². The summed E-state index contributed by atoms with van der Waals surface area (Å²) in [5.41, 5.74) is 0. The third-order valence-corrected chi connectivity index (χ3v) is 1.64. The molecular weight excluding hydrogens is 192 g/mol. The molecule has 6 nitrogen and oxygen atoms in total. The first kappa shape index (κ1) is 12.3.